The molecule has 0 aromatic carbocycles. The summed E-state index contributed by atoms with van der Waals surface area (Å²) in [6.45, 7) is 13.2. The Balaban J connectivity index is 2.33. The van der Waals surface area contributed by atoms with Crippen molar-refractivity contribution in [1.29, 1.82) is 0 Å². The molecule has 1 aliphatic heterocycles. The lowest BCUT2D eigenvalue weighted by Crippen LogP contribution is -2.57. The topological polar surface area (TPSA) is 186 Å². The molecule has 4 amide bonds. The summed E-state index contributed by atoms with van der Waals surface area (Å²) in [4.78, 5) is 73.8. The smallest absolute Gasteiger partial charge is 0.243 e. The third-order valence-corrected chi connectivity index (χ3v) is 7.34. The number of hydrogen-bond acceptors (Lipinski definition) is 11. The van der Waals surface area contributed by atoms with Gasteiger partial charge in [-0.3, -0.25) is 39.0 Å². The van der Waals surface area contributed by atoms with Crippen LogP contribution in [0.1, 0.15) is 60.8 Å². The third-order valence-electron chi connectivity index (χ3n) is 6.04. The van der Waals surface area contributed by atoms with Gasteiger partial charge in [0.15, 0.2) is 5.78 Å². The largest absolute Gasteiger partial charge is 0.378 e. The van der Waals surface area contributed by atoms with Crippen molar-refractivity contribution >= 4 is 47.0 Å². The number of ether oxygens (including phenoxy) is 2. The second kappa shape index (κ2) is 17.5. The standard InChI is InChI=1S/C27H47N5O8S/c1-18(33)16-32-23(36)15-20(25(32)38)41-17-19(24(28)37)31-27(5,6)21(34)7-8-22(35)29-9-11-39-13-14-40-12-10-30-26(2,3)4/h19-20,30-31H,7-17H2,1-6H3,(H2,28,37)(H,29,35)/t19-,20?/m1/s1. The summed E-state index contributed by atoms with van der Waals surface area (Å²) < 4.78 is 10.9. The molecule has 2 atom stereocenters. The fourth-order valence-electron chi connectivity index (χ4n) is 3.81. The highest BCUT2D eigenvalue weighted by Crippen LogP contribution is 2.26. The number of hydrogen-bond donors (Lipinski definition) is 4. The SMILES string of the molecule is CC(=O)CN1C(=O)CC(SC[C@@H](NC(C)(C)C(=O)CCC(=O)NCCOCCOCCNC(C)(C)C)C(N)=O)C1=O. The van der Waals surface area contributed by atoms with Crippen LogP contribution in [-0.4, -0.2) is 114 Å². The number of rotatable bonds is 21. The molecule has 41 heavy (non-hydrogen) atoms. The molecule has 0 saturated carbocycles. The van der Waals surface area contributed by atoms with Crippen molar-refractivity contribution < 1.29 is 38.2 Å². The Morgan fingerprint density at radius 3 is 2.17 bits per heavy atom. The van der Waals surface area contributed by atoms with Gasteiger partial charge in [-0.25, -0.2) is 0 Å². The highest BCUT2D eigenvalue weighted by Gasteiger charge is 2.40. The number of thioether (sulfide) groups is 1. The molecule has 1 heterocycles. The van der Waals surface area contributed by atoms with Gasteiger partial charge in [-0.1, -0.05) is 0 Å². The zero-order valence-electron chi connectivity index (χ0n) is 25.1. The second-order valence-electron chi connectivity index (χ2n) is 11.4. The molecule has 1 aliphatic rings. The molecule has 0 aliphatic carbocycles. The molecule has 5 N–H and O–H groups in total. The van der Waals surface area contributed by atoms with Crippen molar-refractivity contribution in [3.63, 3.8) is 0 Å². The number of ketones is 2. The summed E-state index contributed by atoms with van der Waals surface area (Å²) in [5, 5.41) is 8.21. The molecule has 1 fully saturated rings. The Hall–Kier alpha value is -2.39. The first-order chi connectivity index (χ1) is 19.0. The minimum atomic E-state index is -1.18. The summed E-state index contributed by atoms with van der Waals surface area (Å²) in [5.41, 5.74) is 4.39. The minimum absolute atomic E-state index is 0.0332. The first-order valence-corrected chi connectivity index (χ1v) is 14.8. The lowest BCUT2D eigenvalue weighted by Gasteiger charge is -2.29. The number of carbonyl (C=O) groups excluding carboxylic acids is 6. The van der Waals surface area contributed by atoms with Gasteiger partial charge < -0.3 is 25.8 Å². The Labute approximate surface area is 246 Å². The average molecular weight is 602 g/mol. The molecule has 0 bridgehead atoms. The number of carbonyl (C=O) groups is 6. The summed E-state index contributed by atoms with van der Waals surface area (Å²) in [5.74, 6) is -2.51. The lowest BCUT2D eigenvalue weighted by molar-refractivity contribution is -0.141. The normalized spacial score (nSPS) is 16.6. The minimum Gasteiger partial charge on any atom is -0.378 e. The van der Waals surface area contributed by atoms with Crippen LogP contribution in [0.25, 0.3) is 0 Å². The first kappa shape index (κ1) is 36.6. The second-order valence-corrected chi connectivity index (χ2v) is 12.7. The predicted octanol–water partition coefficient (Wildman–Crippen LogP) is -0.455. The van der Waals surface area contributed by atoms with E-state index in [1.807, 2.05) is 0 Å². The molecule has 0 aromatic rings. The molecule has 0 radical (unpaired) electrons. The zero-order valence-corrected chi connectivity index (χ0v) is 25.9. The molecule has 1 saturated heterocycles. The van der Waals surface area contributed by atoms with Crippen LogP contribution >= 0.6 is 11.8 Å². The molecule has 14 heteroatoms. The number of primary amides is 1. The van der Waals surface area contributed by atoms with Crippen molar-refractivity contribution in [3.05, 3.63) is 0 Å². The van der Waals surface area contributed by atoms with Gasteiger partial charge in [0.25, 0.3) is 0 Å². The predicted molar refractivity (Wildman–Crippen MR) is 155 cm³/mol. The Kier molecular flexibility index (Phi) is 15.7. The van der Waals surface area contributed by atoms with Crippen LogP contribution in [-0.2, 0) is 38.2 Å². The molecular formula is C27H47N5O8S. The van der Waals surface area contributed by atoms with Crippen molar-refractivity contribution in [2.24, 2.45) is 5.73 Å². The van der Waals surface area contributed by atoms with Gasteiger partial charge in [-0.05, 0) is 41.5 Å². The summed E-state index contributed by atoms with van der Waals surface area (Å²) >= 11 is 1.07. The van der Waals surface area contributed by atoms with E-state index in [0.717, 1.165) is 23.2 Å². The first-order valence-electron chi connectivity index (χ1n) is 13.8. The maximum absolute atomic E-state index is 12.8. The van der Waals surface area contributed by atoms with Crippen molar-refractivity contribution in [2.75, 3.05) is 51.8 Å². The van der Waals surface area contributed by atoms with Crippen LogP contribution in [0.2, 0.25) is 0 Å². The number of likely N-dealkylation sites (tertiary alicyclic amines) is 1. The van der Waals surface area contributed by atoms with Crippen LogP contribution in [0.15, 0.2) is 0 Å². The molecule has 1 rings (SSSR count). The fraction of sp³-hybridized carbons (Fsp3) is 0.778. The number of nitrogens with one attached hydrogen (secondary N) is 3. The summed E-state index contributed by atoms with van der Waals surface area (Å²) in [6.07, 6.45) is -0.167. The van der Waals surface area contributed by atoms with Gasteiger partial charge >= 0.3 is 0 Å². The van der Waals surface area contributed by atoms with E-state index in [1.54, 1.807) is 13.8 Å². The number of amides is 4. The van der Waals surface area contributed by atoms with Crippen molar-refractivity contribution in [1.82, 2.24) is 20.9 Å². The molecule has 1 unspecified atom stereocenters. The van der Waals surface area contributed by atoms with E-state index < -0.39 is 34.6 Å². The van der Waals surface area contributed by atoms with Gasteiger partial charge in [0, 0.05) is 43.6 Å². The van der Waals surface area contributed by atoms with Crippen LogP contribution in [0.4, 0.5) is 0 Å². The van der Waals surface area contributed by atoms with E-state index in [4.69, 9.17) is 15.2 Å². The zero-order chi connectivity index (χ0) is 31.2. The van der Waals surface area contributed by atoms with Crippen LogP contribution < -0.4 is 21.7 Å². The highest BCUT2D eigenvalue weighted by molar-refractivity contribution is 8.00. The van der Waals surface area contributed by atoms with Crippen LogP contribution in [0, 0.1) is 0 Å². The fourth-order valence-corrected chi connectivity index (χ4v) is 5.01. The Morgan fingerprint density at radius 1 is 1.00 bits per heavy atom. The van der Waals surface area contributed by atoms with Crippen molar-refractivity contribution in [3.8, 4) is 0 Å². The van der Waals surface area contributed by atoms with Crippen LogP contribution in [0.3, 0.4) is 0 Å². The lowest BCUT2D eigenvalue weighted by atomic mass is 9.94. The van der Waals surface area contributed by atoms with E-state index in [1.165, 1.54) is 6.92 Å². The van der Waals surface area contributed by atoms with E-state index in [9.17, 15) is 28.8 Å². The maximum atomic E-state index is 12.8. The summed E-state index contributed by atoms with van der Waals surface area (Å²) in [7, 11) is 0. The quantitative estimate of drug-likeness (QED) is 0.0986. The van der Waals surface area contributed by atoms with Crippen LogP contribution in [0.5, 0.6) is 0 Å². The third kappa shape index (κ3) is 14.9. The van der Waals surface area contributed by atoms with Gasteiger partial charge in [-0.15, -0.1) is 11.8 Å². The van der Waals surface area contributed by atoms with Crippen molar-refractivity contribution in [2.45, 2.75) is 83.2 Å². The van der Waals surface area contributed by atoms with Gasteiger partial charge in [0.2, 0.25) is 23.6 Å². The number of Topliss-reactive ketones (excluding diaryl/α,β-unsaturated/α-hetero) is 2. The molecule has 13 nitrogen and oxygen atoms in total. The Bertz CT molecular complexity index is 937. The molecular weight excluding hydrogens is 554 g/mol. The molecule has 0 aromatic heterocycles. The number of imide groups is 1. The summed E-state index contributed by atoms with van der Waals surface area (Å²) in [6, 6.07) is -0.964. The maximum Gasteiger partial charge on any atom is 0.243 e. The van der Waals surface area contributed by atoms with E-state index >= 15 is 0 Å². The number of nitrogens with two attached hydrogens (primary N) is 1. The average Bonchev–Trinajstić information content (AvgIpc) is 3.12. The molecule has 0 spiro atoms. The Morgan fingerprint density at radius 2 is 1.61 bits per heavy atom. The van der Waals surface area contributed by atoms with Gasteiger partial charge in [-0.2, -0.15) is 0 Å². The monoisotopic (exact) mass is 601 g/mol. The highest BCUT2D eigenvalue weighted by atomic mass is 32.2. The molecule has 234 valence electrons. The van der Waals surface area contributed by atoms with E-state index in [0.29, 0.717) is 33.0 Å². The number of nitrogens with zero attached hydrogens (tertiary/aromatic N) is 1. The van der Waals surface area contributed by atoms with E-state index in [-0.39, 0.29) is 54.6 Å². The van der Waals surface area contributed by atoms with Gasteiger partial charge in [0.05, 0.1) is 49.8 Å². The van der Waals surface area contributed by atoms with E-state index in [2.05, 4.69) is 36.7 Å². The van der Waals surface area contributed by atoms with Gasteiger partial charge in [0.1, 0.15) is 5.78 Å².